The van der Waals surface area contributed by atoms with Crippen molar-refractivity contribution in [3.05, 3.63) is 40.5 Å². The van der Waals surface area contributed by atoms with Gasteiger partial charge in [0.25, 0.3) is 0 Å². The van der Waals surface area contributed by atoms with Crippen LogP contribution in [0.2, 0.25) is 0 Å². The van der Waals surface area contributed by atoms with E-state index in [-0.39, 0.29) is 18.3 Å². The molecule has 2 heterocycles. The molecular weight excluding hydrogens is 325 g/mol. The van der Waals surface area contributed by atoms with Crippen LogP contribution in [-0.2, 0) is 16.9 Å². The van der Waals surface area contributed by atoms with Gasteiger partial charge in [-0.3, -0.25) is 4.79 Å². The maximum atomic E-state index is 13.4. The third-order valence-electron chi connectivity index (χ3n) is 3.32. The van der Waals surface area contributed by atoms with Gasteiger partial charge >= 0.3 is 0 Å². The lowest BCUT2D eigenvalue weighted by molar-refractivity contribution is -0.124. The Bertz CT molecular complexity index is 708. The summed E-state index contributed by atoms with van der Waals surface area (Å²) in [6.07, 6.45) is 0. The van der Waals surface area contributed by atoms with Crippen molar-refractivity contribution >= 4 is 21.8 Å². The molecule has 0 fully saturated rings. The van der Waals surface area contributed by atoms with Crippen molar-refractivity contribution in [3.63, 3.8) is 0 Å². The summed E-state index contributed by atoms with van der Waals surface area (Å²) in [5.74, 6) is 0.378. The van der Waals surface area contributed by atoms with Crippen LogP contribution < -0.4 is 5.32 Å². The third kappa shape index (κ3) is 2.04. The molecule has 0 saturated heterocycles. The van der Waals surface area contributed by atoms with Crippen molar-refractivity contribution in [3.8, 4) is 11.3 Å². The van der Waals surface area contributed by atoms with E-state index in [1.54, 1.807) is 12.1 Å². The van der Waals surface area contributed by atoms with E-state index in [4.69, 9.17) is 0 Å². The summed E-state index contributed by atoms with van der Waals surface area (Å²) in [5.41, 5.74) is 0.773. The van der Waals surface area contributed by atoms with Gasteiger partial charge < -0.3 is 9.88 Å². The van der Waals surface area contributed by atoms with Crippen molar-refractivity contribution in [2.24, 2.45) is 0 Å². The third-order valence-corrected chi connectivity index (χ3v) is 4.12. The fraction of sp³-hybridized carbons (Fsp3) is 0.286. The van der Waals surface area contributed by atoms with Gasteiger partial charge in [0.2, 0.25) is 5.91 Å². The number of hydrogen-bond donors (Lipinski definition) is 1. The van der Waals surface area contributed by atoms with Gasteiger partial charge in [-0.05, 0) is 41.9 Å². The van der Waals surface area contributed by atoms with Gasteiger partial charge in [0.15, 0.2) is 0 Å². The zero-order chi connectivity index (χ0) is 14.5. The fourth-order valence-electron chi connectivity index (χ4n) is 2.46. The van der Waals surface area contributed by atoms with E-state index in [0.717, 1.165) is 5.82 Å². The number of nitrogens with zero attached hydrogens (tertiary/aromatic N) is 2. The molecule has 1 N–H and O–H groups in total. The number of carbonyl (C=O) groups excluding carboxylic acids is 1. The molecule has 0 spiro atoms. The molecule has 1 aliphatic rings. The van der Waals surface area contributed by atoms with Crippen LogP contribution in [0, 0.1) is 5.82 Å². The second-order valence-electron chi connectivity index (χ2n) is 5.34. The summed E-state index contributed by atoms with van der Waals surface area (Å²) in [6, 6.07) is 6.26. The van der Waals surface area contributed by atoms with E-state index < -0.39 is 5.54 Å². The Balaban J connectivity index is 2.19. The molecule has 104 valence electrons. The summed E-state index contributed by atoms with van der Waals surface area (Å²) in [5, 5.41) is 2.90. The van der Waals surface area contributed by atoms with E-state index >= 15 is 0 Å². The molecule has 2 aromatic rings. The predicted molar refractivity (Wildman–Crippen MR) is 76.5 cm³/mol. The summed E-state index contributed by atoms with van der Waals surface area (Å²) >= 11 is 3.48. The predicted octanol–water partition coefficient (Wildman–Crippen LogP) is 2.82. The zero-order valence-corrected chi connectivity index (χ0v) is 12.7. The van der Waals surface area contributed by atoms with Gasteiger partial charge in [-0.15, -0.1) is 0 Å². The molecule has 0 bridgehead atoms. The maximum absolute atomic E-state index is 13.4. The Kier molecular flexibility index (Phi) is 2.93. The van der Waals surface area contributed by atoms with Gasteiger partial charge in [0.05, 0.1) is 5.54 Å². The number of rotatable bonds is 1. The highest BCUT2D eigenvalue weighted by Gasteiger charge is 2.35. The molecule has 0 aliphatic carbocycles. The largest absolute Gasteiger partial charge is 0.342 e. The number of halogens is 2. The van der Waals surface area contributed by atoms with Crippen LogP contribution in [0.15, 0.2) is 28.9 Å². The topological polar surface area (TPSA) is 46.9 Å². The minimum Gasteiger partial charge on any atom is -0.342 e. The summed E-state index contributed by atoms with van der Waals surface area (Å²) in [6.45, 7) is 4.00. The quantitative estimate of drug-likeness (QED) is 0.869. The number of carbonyl (C=O) groups is 1. The lowest BCUT2D eigenvalue weighted by Crippen LogP contribution is -2.49. The second-order valence-corrected chi connectivity index (χ2v) is 6.10. The van der Waals surface area contributed by atoms with Crippen LogP contribution in [0.25, 0.3) is 11.3 Å². The Labute approximate surface area is 124 Å². The maximum Gasteiger partial charge on any atom is 0.240 e. The molecule has 0 radical (unpaired) electrons. The standard InChI is InChI=1S/C14H13BrFN3O/c1-14(2)13-17-11(8-4-3-5-9(16)6-8)12(15)19(13)7-10(20)18-14/h3-6H,7H2,1-2H3,(H,18,20). The monoisotopic (exact) mass is 337 g/mol. The van der Waals surface area contributed by atoms with Gasteiger partial charge in [0.1, 0.15) is 28.5 Å². The zero-order valence-electron chi connectivity index (χ0n) is 11.1. The van der Waals surface area contributed by atoms with Gasteiger partial charge in [-0.2, -0.15) is 0 Å². The van der Waals surface area contributed by atoms with E-state index in [2.05, 4.69) is 26.2 Å². The molecule has 20 heavy (non-hydrogen) atoms. The summed E-state index contributed by atoms with van der Waals surface area (Å²) in [7, 11) is 0. The van der Waals surface area contributed by atoms with Crippen LogP contribution in [0.5, 0.6) is 0 Å². The Morgan fingerprint density at radius 1 is 1.45 bits per heavy atom. The molecule has 0 atom stereocenters. The van der Waals surface area contributed by atoms with E-state index in [0.29, 0.717) is 15.9 Å². The first-order chi connectivity index (χ1) is 9.38. The average Bonchev–Trinajstić information content (AvgIpc) is 2.67. The minimum absolute atomic E-state index is 0.0635. The number of hydrogen-bond acceptors (Lipinski definition) is 2. The molecular formula is C14H13BrFN3O. The average molecular weight is 338 g/mol. The number of amides is 1. The Hall–Kier alpha value is -1.69. The van der Waals surface area contributed by atoms with E-state index in [1.807, 2.05) is 18.4 Å². The number of aromatic nitrogens is 2. The normalized spacial score (nSPS) is 16.7. The molecule has 6 heteroatoms. The number of fused-ring (bicyclic) bond motifs is 1. The van der Waals surface area contributed by atoms with Crippen LogP contribution in [-0.4, -0.2) is 15.5 Å². The first-order valence-corrected chi connectivity index (χ1v) is 7.01. The first-order valence-electron chi connectivity index (χ1n) is 6.22. The van der Waals surface area contributed by atoms with Crippen molar-refractivity contribution in [1.82, 2.24) is 14.9 Å². The van der Waals surface area contributed by atoms with E-state index in [9.17, 15) is 9.18 Å². The van der Waals surface area contributed by atoms with E-state index in [1.165, 1.54) is 12.1 Å². The molecule has 1 aliphatic heterocycles. The second kappa shape index (κ2) is 4.41. The molecule has 0 unspecified atom stereocenters. The summed E-state index contributed by atoms with van der Waals surface area (Å²) < 4.78 is 15.9. The molecule has 0 saturated carbocycles. The highest BCUT2D eigenvalue weighted by atomic mass is 79.9. The lowest BCUT2D eigenvalue weighted by atomic mass is 10.0. The number of benzene rings is 1. The Morgan fingerprint density at radius 3 is 2.90 bits per heavy atom. The number of nitrogens with one attached hydrogen (secondary N) is 1. The van der Waals surface area contributed by atoms with Crippen LogP contribution in [0.3, 0.4) is 0 Å². The van der Waals surface area contributed by atoms with Gasteiger partial charge in [-0.25, -0.2) is 9.37 Å². The SMILES string of the molecule is CC1(C)NC(=O)Cn2c1nc(-c1cccc(F)c1)c2Br. The van der Waals surface area contributed by atoms with Crippen LogP contribution in [0.1, 0.15) is 19.7 Å². The molecule has 1 aromatic carbocycles. The van der Waals surface area contributed by atoms with Gasteiger partial charge in [-0.1, -0.05) is 12.1 Å². The van der Waals surface area contributed by atoms with Crippen molar-refractivity contribution in [2.75, 3.05) is 0 Å². The van der Waals surface area contributed by atoms with Crippen LogP contribution >= 0.6 is 15.9 Å². The van der Waals surface area contributed by atoms with Crippen molar-refractivity contribution in [2.45, 2.75) is 25.9 Å². The fourth-order valence-corrected chi connectivity index (χ4v) is 3.07. The Morgan fingerprint density at radius 2 is 2.20 bits per heavy atom. The highest BCUT2D eigenvalue weighted by molar-refractivity contribution is 9.10. The smallest absolute Gasteiger partial charge is 0.240 e. The first kappa shape index (κ1) is 13.3. The molecule has 1 aromatic heterocycles. The van der Waals surface area contributed by atoms with Crippen LogP contribution in [0.4, 0.5) is 4.39 Å². The lowest BCUT2D eigenvalue weighted by Gasteiger charge is -2.31. The molecule has 1 amide bonds. The van der Waals surface area contributed by atoms with Crippen molar-refractivity contribution < 1.29 is 9.18 Å². The molecule has 4 nitrogen and oxygen atoms in total. The highest BCUT2D eigenvalue weighted by Crippen LogP contribution is 2.34. The summed E-state index contributed by atoms with van der Waals surface area (Å²) in [4.78, 5) is 16.3. The minimum atomic E-state index is -0.552. The van der Waals surface area contributed by atoms with Crippen molar-refractivity contribution in [1.29, 1.82) is 0 Å². The molecule has 3 rings (SSSR count). The number of imidazole rings is 1. The van der Waals surface area contributed by atoms with Gasteiger partial charge in [0, 0.05) is 5.56 Å².